The molecule has 1 unspecified atom stereocenters. The molecule has 0 bridgehead atoms. The molecule has 0 N–H and O–H groups in total. The van der Waals surface area contributed by atoms with Crippen LogP contribution in [0.15, 0.2) is 48.5 Å². The zero-order valence-corrected chi connectivity index (χ0v) is 18.4. The van der Waals surface area contributed by atoms with Crippen LogP contribution >= 0.6 is 0 Å². The highest BCUT2D eigenvalue weighted by atomic mass is 16.5. The summed E-state index contributed by atoms with van der Waals surface area (Å²) in [5.41, 5.74) is 3.49. The molecule has 0 spiro atoms. The zero-order chi connectivity index (χ0) is 21.3. The quantitative estimate of drug-likeness (QED) is 0.594. The summed E-state index contributed by atoms with van der Waals surface area (Å²) in [6.07, 6.45) is 1.97. The summed E-state index contributed by atoms with van der Waals surface area (Å²) in [5, 5.41) is 0. The number of likely N-dealkylation sites (tertiary alicyclic amines) is 1. The van der Waals surface area contributed by atoms with Crippen LogP contribution in [0.2, 0.25) is 0 Å². The third-order valence-electron chi connectivity index (χ3n) is 5.94. The van der Waals surface area contributed by atoms with Crippen LogP contribution in [0.3, 0.4) is 0 Å². The molecule has 5 nitrogen and oxygen atoms in total. The molecule has 30 heavy (non-hydrogen) atoms. The summed E-state index contributed by atoms with van der Waals surface area (Å²) < 4.78 is 8.29. The number of aromatic nitrogens is 2. The molecule has 5 heteroatoms. The number of rotatable bonds is 5. The lowest BCUT2D eigenvalue weighted by atomic mass is 9.87. The number of imidazole rings is 1. The van der Waals surface area contributed by atoms with Gasteiger partial charge in [0.05, 0.1) is 23.6 Å². The molecule has 1 saturated heterocycles. The number of nitrogens with zero attached hydrogens (tertiary/aromatic N) is 3. The lowest BCUT2D eigenvalue weighted by Crippen LogP contribution is -2.30. The van der Waals surface area contributed by atoms with Crippen molar-refractivity contribution >= 4 is 16.9 Å². The minimum absolute atomic E-state index is 0.0426. The number of carbonyl (C=O) groups is 1. The van der Waals surface area contributed by atoms with E-state index in [9.17, 15) is 4.79 Å². The molecule has 1 aliphatic rings. The summed E-state index contributed by atoms with van der Waals surface area (Å²) in [6, 6.07) is 16.6. The van der Waals surface area contributed by atoms with Crippen LogP contribution in [0, 0.1) is 0 Å². The Hall–Kier alpha value is -2.82. The van der Waals surface area contributed by atoms with Crippen LogP contribution in [0.1, 0.15) is 58.0 Å². The number of hydrogen-bond acceptors (Lipinski definition) is 3. The number of fused-ring (bicyclic) bond motifs is 1. The minimum atomic E-state index is 0.0426. The van der Waals surface area contributed by atoms with E-state index in [2.05, 4.69) is 43.5 Å². The molecule has 0 saturated carbocycles. The molecular formula is C25H31N3O2. The van der Waals surface area contributed by atoms with Crippen LogP contribution < -0.4 is 4.74 Å². The lowest BCUT2D eigenvalue weighted by Gasteiger charge is -2.24. The summed E-state index contributed by atoms with van der Waals surface area (Å²) in [5.74, 6) is 1.96. The first kappa shape index (κ1) is 20.5. The first-order chi connectivity index (χ1) is 14.3. The molecule has 2 heterocycles. The van der Waals surface area contributed by atoms with E-state index in [4.69, 9.17) is 9.72 Å². The van der Waals surface area contributed by atoms with Gasteiger partial charge in [0.2, 0.25) is 5.91 Å². The molecule has 3 aromatic rings. The number of carbonyl (C=O) groups excluding carboxylic acids is 1. The summed E-state index contributed by atoms with van der Waals surface area (Å²) in [6.45, 7) is 10.3. The van der Waals surface area contributed by atoms with Crippen molar-refractivity contribution in [2.24, 2.45) is 0 Å². The number of hydrogen-bond donors (Lipinski definition) is 0. The summed E-state index contributed by atoms with van der Waals surface area (Å²) in [7, 11) is 0. The maximum absolute atomic E-state index is 12.1. The third-order valence-corrected chi connectivity index (χ3v) is 5.94. The van der Waals surface area contributed by atoms with Gasteiger partial charge in [-0.2, -0.15) is 0 Å². The standard InChI is InChI=1S/C25H31N3O2/c1-18(29)27-15-7-10-23(27)24-26-21-8-5-6-9-22(21)28(24)16-17-30-20-13-11-19(12-14-20)25(2,3)4/h5-6,8-9,11-14,23H,7,10,15-17H2,1-4H3. The van der Waals surface area contributed by atoms with Crippen LogP contribution in [0.4, 0.5) is 0 Å². The van der Waals surface area contributed by atoms with Gasteiger partial charge in [0.15, 0.2) is 0 Å². The van der Waals surface area contributed by atoms with E-state index in [-0.39, 0.29) is 17.4 Å². The van der Waals surface area contributed by atoms with E-state index in [1.165, 1.54) is 5.56 Å². The predicted molar refractivity (Wildman–Crippen MR) is 120 cm³/mol. The van der Waals surface area contributed by atoms with E-state index in [1.807, 2.05) is 35.2 Å². The molecule has 2 aromatic carbocycles. The average Bonchev–Trinajstić information content (AvgIpc) is 3.33. The van der Waals surface area contributed by atoms with E-state index in [0.717, 1.165) is 42.0 Å². The Bertz CT molecular complexity index is 1030. The molecule has 4 rings (SSSR count). The van der Waals surface area contributed by atoms with Gasteiger partial charge < -0.3 is 14.2 Å². The van der Waals surface area contributed by atoms with Gasteiger partial charge in [-0.05, 0) is 48.1 Å². The van der Waals surface area contributed by atoms with Crippen LogP contribution in [0.25, 0.3) is 11.0 Å². The molecule has 158 valence electrons. The zero-order valence-electron chi connectivity index (χ0n) is 18.4. The third kappa shape index (κ3) is 4.07. The van der Waals surface area contributed by atoms with Crippen molar-refractivity contribution in [1.29, 1.82) is 0 Å². The highest BCUT2D eigenvalue weighted by Crippen LogP contribution is 2.33. The molecule has 1 amide bonds. The fraction of sp³-hybridized carbons (Fsp3) is 0.440. The van der Waals surface area contributed by atoms with Gasteiger partial charge in [-0.1, -0.05) is 45.0 Å². The van der Waals surface area contributed by atoms with Gasteiger partial charge in [0.25, 0.3) is 0 Å². The Morgan fingerprint density at radius 1 is 1.13 bits per heavy atom. The maximum Gasteiger partial charge on any atom is 0.220 e. The van der Waals surface area contributed by atoms with Crippen LogP contribution in [0.5, 0.6) is 5.75 Å². The normalized spacial score (nSPS) is 16.9. The first-order valence-corrected chi connectivity index (χ1v) is 10.8. The molecule has 1 aromatic heterocycles. The van der Waals surface area contributed by atoms with Gasteiger partial charge >= 0.3 is 0 Å². The second-order valence-corrected chi connectivity index (χ2v) is 9.10. The SMILES string of the molecule is CC(=O)N1CCCC1c1nc2ccccc2n1CCOc1ccc(C(C)(C)C)cc1. The van der Waals surface area contributed by atoms with Gasteiger partial charge in [0, 0.05) is 13.5 Å². The number of benzene rings is 2. The van der Waals surface area contributed by atoms with Gasteiger partial charge in [0.1, 0.15) is 18.2 Å². The number of para-hydroxylation sites is 2. The Morgan fingerprint density at radius 3 is 2.57 bits per heavy atom. The highest BCUT2D eigenvalue weighted by molar-refractivity contribution is 5.77. The van der Waals surface area contributed by atoms with E-state index in [1.54, 1.807) is 6.92 Å². The molecule has 0 radical (unpaired) electrons. The van der Waals surface area contributed by atoms with Crippen molar-refractivity contribution in [3.8, 4) is 5.75 Å². The molecule has 1 atom stereocenters. The summed E-state index contributed by atoms with van der Waals surface area (Å²) >= 11 is 0. The van der Waals surface area contributed by atoms with Crippen molar-refractivity contribution in [1.82, 2.24) is 14.5 Å². The largest absolute Gasteiger partial charge is 0.492 e. The Kier molecular flexibility index (Phi) is 5.54. The van der Waals surface area contributed by atoms with Gasteiger partial charge in [-0.3, -0.25) is 4.79 Å². The fourth-order valence-corrected chi connectivity index (χ4v) is 4.30. The Morgan fingerprint density at radius 2 is 1.87 bits per heavy atom. The average molecular weight is 406 g/mol. The molecule has 1 aliphatic heterocycles. The van der Waals surface area contributed by atoms with Crippen molar-refractivity contribution in [3.05, 3.63) is 59.9 Å². The summed E-state index contributed by atoms with van der Waals surface area (Å²) in [4.78, 5) is 19.0. The fourth-order valence-electron chi connectivity index (χ4n) is 4.30. The van der Waals surface area contributed by atoms with Crippen LogP contribution in [-0.4, -0.2) is 33.5 Å². The second-order valence-electron chi connectivity index (χ2n) is 9.10. The highest BCUT2D eigenvalue weighted by Gasteiger charge is 2.32. The van der Waals surface area contributed by atoms with Crippen LogP contribution in [-0.2, 0) is 16.8 Å². The van der Waals surface area contributed by atoms with Crippen molar-refractivity contribution in [3.63, 3.8) is 0 Å². The molecular weight excluding hydrogens is 374 g/mol. The Labute approximate surface area is 178 Å². The van der Waals surface area contributed by atoms with E-state index >= 15 is 0 Å². The van der Waals surface area contributed by atoms with Gasteiger partial charge in [-0.15, -0.1) is 0 Å². The van der Waals surface area contributed by atoms with Crippen molar-refractivity contribution in [2.75, 3.05) is 13.2 Å². The smallest absolute Gasteiger partial charge is 0.220 e. The van der Waals surface area contributed by atoms with Crippen molar-refractivity contribution in [2.45, 2.75) is 58.5 Å². The first-order valence-electron chi connectivity index (χ1n) is 10.8. The van der Waals surface area contributed by atoms with E-state index < -0.39 is 0 Å². The number of amides is 1. The molecule has 1 fully saturated rings. The topological polar surface area (TPSA) is 47.4 Å². The lowest BCUT2D eigenvalue weighted by molar-refractivity contribution is -0.129. The predicted octanol–water partition coefficient (Wildman–Crippen LogP) is 5.10. The van der Waals surface area contributed by atoms with Gasteiger partial charge in [-0.25, -0.2) is 4.98 Å². The monoisotopic (exact) mass is 405 g/mol. The molecule has 0 aliphatic carbocycles. The Balaban J connectivity index is 1.54. The van der Waals surface area contributed by atoms with Crippen molar-refractivity contribution < 1.29 is 9.53 Å². The van der Waals surface area contributed by atoms with E-state index in [0.29, 0.717) is 13.2 Å². The second kappa shape index (κ2) is 8.13. The minimum Gasteiger partial charge on any atom is -0.492 e. The number of ether oxygens (including phenoxy) is 1. The maximum atomic E-state index is 12.1.